The molecule has 1 atom stereocenters. The molecular formula is C11H16N2. The largest absolute Gasteiger partial charge is 0.268 e. The monoisotopic (exact) mass is 176 g/mol. The normalized spacial score (nSPS) is 13.8. The molecule has 0 unspecified atom stereocenters. The highest BCUT2D eigenvalue weighted by Gasteiger charge is 2.21. The molecule has 0 saturated heterocycles. The van der Waals surface area contributed by atoms with E-state index in [1.165, 1.54) is 0 Å². The van der Waals surface area contributed by atoms with Crippen LogP contribution in [0.2, 0.25) is 0 Å². The molecule has 0 aliphatic rings. The van der Waals surface area contributed by atoms with Crippen LogP contribution in [-0.2, 0) is 0 Å². The van der Waals surface area contributed by atoms with Crippen molar-refractivity contribution in [2.45, 2.75) is 33.7 Å². The Morgan fingerprint density at radius 2 is 2.15 bits per heavy atom. The van der Waals surface area contributed by atoms with Gasteiger partial charge in [-0.15, -0.1) is 6.42 Å². The molecule has 1 rings (SSSR count). The van der Waals surface area contributed by atoms with Crippen molar-refractivity contribution in [2.75, 3.05) is 0 Å². The summed E-state index contributed by atoms with van der Waals surface area (Å²) in [5, 5.41) is 4.23. The first-order valence-corrected chi connectivity index (χ1v) is 4.46. The third-order valence-corrected chi connectivity index (χ3v) is 2.42. The highest BCUT2D eigenvalue weighted by Crippen LogP contribution is 2.29. The van der Waals surface area contributed by atoms with Gasteiger partial charge >= 0.3 is 0 Å². The fourth-order valence-electron chi connectivity index (χ4n) is 1.02. The maximum Gasteiger partial charge on any atom is 0.0646 e. The first-order valence-electron chi connectivity index (χ1n) is 4.46. The number of hydrogen-bond donors (Lipinski definition) is 0. The summed E-state index contributed by atoms with van der Waals surface area (Å²) < 4.78 is 1.93. The lowest BCUT2D eigenvalue weighted by Crippen LogP contribution is -2.21. The summed E-state index contributed by atoms with van der Waals surface area (Å²) in [6.07, 6.45) is 8.91. The summed E-state index contributed by atoms with van der Waals surface area (Å²) in [6, 6.07) is 0.356. The quantitative estimate of drug-likeness (QED) is 0.601. The fourth-order valence-corrected chi connectivity index (χ4v) is 1.02. The second-order valence-corrected chi connectivity index (χ2v) is 4.40. The topological polar surface area (TPSA) is 17.8 Å². The minimum absolute atomic E-state index is 0.206. The lowest BCUT2D eigenvalue weighted by atomic mass is 9.88. The van der Waals surface area contributed by atoms with E-state index in [1.54, 1.807) is 6.20 Å². The maximum absolute atomic E-state index is 5.27. The Morgan fingerprint density at radius 1 is 1.54 bits per heavy atom. The number of terminal acetylenes is 1. The highest BCUT2D eigenvalue weighted by atomic mass is 15.3. The molecule has 1 heterocycles. The van der Waals surface area contributed by atoms with Crippen LogP contribution in [-0.4, -0.2) is 9.78 Å². The van der Waals surface area contributed by atoms with Crippen LogP contribution in [0, 0.1) is 17.8 Å². The number of hydrogen-bond acceptors (Lipinski definition) is 1. The smallest absolute Gasteiger partial charge is 0.0646 e. The van der Waals surface area contributed by atoms with Gasteiger partial charge in [-0.05, 0) is 12.3 Å². The van der Waals surface area contributed by atoms with Crippen molar-refractivity contribution >= 4 is 0 Å². The molecule has 70 valence electrons. The van der Waals surface area contributed by atoms with Crippen molar-refractivity contribution in [1.82, 2.24) is 9.78 Å². The Bertz CT molecular complexity index is 323. The van der Waals surface area contributed by atoms with Crippen LogP contribution in [0.15, 0.2) is 12.4 Å². The SMILES string of the molecule is C#Cc1cnn([C@H](C)C(C)(C)C)c1. The molecule has 0 aliphatic carbocycles. The molecule has 0 spiro atoms. The average Bonchev–Trinajstić information content (AvgIpc) is 2.48. The number of aromatic nitrogens is 2. The highest BCUT2D eigenvalue weighted by molar-refractivity contribution is 5.26. The first-order chi connectivity index (χ1) is 5.95. The summed E-state index contributed by atoms with van der Waals surface area (Å²) in [4.78, 5) is 0. The van der Waals surface area contributed by atoms with E-state index in [0.29, 0.717) is 6.04 Å². The second-order valence-electron chi connectivity index (χ2n) is 4.40. The Morgan fingerprint density at radius 3 is 2.54 bits per heavy atom. The van der Waals surface area contributed by atoms with Gasteiger partial charge in [0, 0.05) is 6.20 Å². The molecule has 0 N–H and O–H groups in total. The van der Waals surface area contributed by atoms with Crippen LogP contribution < -0.4 is 0 Å². The summed E-state index contributed by atoms with van der Waals surface area (Å²) in [5.74, 6) is 2.57. The fraction of sp³-hybridized carbons (Fsp3) is 0.545. The minimum Gasteiger partial charge on any atom is -0.268 e. The molecular weight excluding hydrogens is 160 g/mol. The van der Waals surface area contributed by atoms with E-state index in [0.717, 1.165) is 5.56 Å². The predicted octanol–water partition coefficient (Wildman–Crippen LogP) is 2.47. The average molecular weight is 176 g/mol. The van der Waals surface area contributed by atoms with Gasteiger partial charge in [0.1, 0.15) is 0 Å². The Labute approximate surface area is 80.0 Å². The molecule has 0 bridgehead atoms. The molecule has 1 aromatic heterocycles. The van der Waals surface area contributed by atoms with Gasteiger partial charge in [-0.2, -0.15) is 5.10 Å². The Hall–Kier alpha value is -1.23. The zero-order chi connectivity index (χ0) is 10.1. The van der Waals surface area contributed by atoms with Gasteiger partial charge in [-0.1, -0.05) is 26.7 Å². The van der Waals surface area contributed by atoms with Crippen LogP contribution in [0.1, 0.15) is 39.3 Å². The van der Waals surface area contributed by atoms with Gasteiger partial charge < -0.3 is 0 Å². The summed E-state index contributed by atoms with van der Waals surface area (Å²) in [7, 11) is 0. The molecule has 13 heavy (non-hydrogen) atoms. The third kappa shape index (κ3) is 2.12. The number of rotatable bonds is 1. The second kappa shape index (κ2) is 3.26. The molecule has 2 heteroatoms. The maximum atomic E-state index is 5.27. The van der Waals surface area contributed by atoms with Crippen molar-refractivity contribution in [3.05, 3.63) is 18.0 Å². The van der Waals surface area contributed by atoms with Crippen molar-refractivity contribution in [1.29, 1.82) is 0 Å². The van der Waals surface area contributed by atoms with E-state index < -0.39 is 0 Å². The van der Waals surface area contributed by atoms with Gasteiger partial charge in [0.05, 0.1) is 17.8 Å². The zero-order valence-electron chi connectivity index (χ0n) is 8.70. The van der Waals surface area contributed by atoms with Crippen LogP contribution in [0.25, 0.3) is 0 Å². The lowest BCUT2D eigenvalue weighted by molar-refractivity contribution is 0.244. The first kappa shape index (κ1) is 9.85. The van der Waals surface area contributed by atoms with Crippen LogP contribution in [0.5, 0.6) is 0 Å². The minimum atomic E-state index is 0.206. The van der Waals surface area contributed by atoms with Crippen molar-refractivity contribution in [2.24, 2.45) is 5.41 Å². The molecule has 0 aliphatic heterocycles. The Kier molecular flexibility index (Phi) is 2.47. The molecule has 0 aromatic carbocycles. The summed E-state index contributed by atoms with van der Waals surface area (Å²) in [6.45, 7) is 8.71. The zero-order valence-corrected chi connectivity index (χ0v) is 8.70. The predicted molar refractivity (Wildman–Crippen MR) is 54.3 cm³/mol. The molecule has 0 fully saturated rings. The molecule has 1 aromatic rings. The van der Waals surface area contributed by atoms with E-state index >= 15 is 0 Å². The number of nitrogens with zero attached hydrogens (tertiary/aromatic N) is 2. The van der Waals surface area contributed by atoms with Crippen LogP contribution in [0.4, 0.5) is 0 Å². The third-order valence-electron chi connectivity index (χ3n) is 2.42. The van der Waals surface area contributed by atoms with E-state index in [-0.39, 0.29) is 5.41 Å². The van der Waals surface area contributed by atoms with Gasteiger partial charge in [-0.25, -0.2) is 0 Å². The molecule has 0 amide bonds. The van der Waals surface area contributed by atoms with E-state index in [1.807, 2.05) is 10.9 Å². The van der Waals surface area contributed by atoms with Gasteiger partial charge in [0.25, 0.3) is 0 Å². The Balaban J connectivity index is 2.91. The molecule has 0 saturated carbocycles. The molecule has 2 nitrogen and oxygen atoms in total. The molecule has 0 radical (unpaired) electrons. The summed E-state index contributed by atoms with van der Waals surface area (Å²) >= 11 is 0. The van der Waals surface area contributed by atoms with Gasteiger partial charge in [0.2, 0.25) is 0 Å². The van der Waals surface area contributed by atoms with Crippen LogP contribution >= 0.6 is 0 Å². The standard InChI is InChI=1S/C11H16N2/c1-6-10-7-12-13(8-10)9(2)11(3,4)5/h1,7-9H,2-5H3/t9-/m1/s1. The van der Waals surface area contributed by atoms with E-state index in [2.05, 4.69) is 38.7 Å². The van der Waals surface area contributed by atoms with Gasteiger partial charge in [-0.3, -0.25) is 4.68 Å². The summed E-state index contributed by atoms with van der Waals surface area (Å²) in [5.41, 5.74) is 1.05. The van der Waals surface area contributed by atoms with E-state index in [9.17, 15) is 0 Å². The van der Waals surface area contributed by atoms with Crippen molar-refractivity contribution < 1.29 is 0 Å². The van der Waals surface area contributed by atoms with E-state index in [4.69, 9.17) is 6.42 Å². The van der Waals surface area contributed by atoms with Crippen molar-refractivity contribution in [3.63, 3.8) is 0 Å². The lowest BCUT2D eigenvalue weighted by Gasteiger charge is -2.27. The van der Waals surface area contributed by atoms with Gasteiger partial charge in [0.15, 0.2) is 0 Å². The van der Waals surface area contributed by atoms with Crippen molar-refractivity contribution in [3.8, 4) is 12.3 Å². The van der Waals surface area contributed by atoms with Crippen LogP contribution in [0.3, 0.4) is 0 Å².